The van der Waals surface area contributed by atoms with Gasteiger partial charge in [0.25, 0.3) is 0 Å². The van der Waals surface area contributed by atoms with Crippen molar-refractivity contribution in [1.29, 1.82) is 0 Å². The Hall–Kier alpha value is -2.37. The Morgan fingerprint density at radius 2 is 1.79 bits per heavy atom. The van der Waals surface area contributed by atoms with Gasteiger partial charge < -0.3 is 9.84 Å². The lowest BCUT2D eigenvalue weighted by Crippen LogP contribution is -2.36. The summed E-state index contributed by atoms with van der Waals surface area (Å²) in [5, 5.41) is 8.90. The van der Waals surface area contributed by atoms with Crippen molar-refractivity contribution in [3.63, 3.8) is 0 Å². The number of rotatable bonds is 3. The van der Waals surface area contributed by atoms with Crippen molar-refractivity contribution in [2.75, 3.05) is 12.0 Å². The van der Waals surface area contributed by atoms with E-state index in [0.29, 0.717) is 11.4 Å². The van der Waals surface area contributed by atoms with Gasteiger partial charge in [0.2, 0.25) is 11.8 Å². The molecule has 6 nitrogen and oxygen atoms in total. The fourth-order valence-electron chi connectivity index (χ4n) is 2.69. The first-order valence-corrected chi connectivity index (χ1v) is 5.81. The summed E-state index contributed by atoms with van der Waals surface area (Å²) in [6, 6.07) is 6.68. The highest BCUT2D eigenvalue weighted by Gasteiger charge is 2.71. The quantitative estimate of drug-likeness (QED) is 0.802. The molecule has 0 aromatic heterocycles. The lowest BCUT2D eigenvalue weighted by Gasteiger charge is -2.19. The van der Waals surface area contributed by atoms with E-state index in [1.165, 1.54) is 7.11 Å². The zero-order chi connectivity index (χ0) is 13.7. The number of carbonyl (C=O) groups is 3. The van der Waals surface area contributed by atoms with E-state index in [-0.39, 0.29) is 0 Å². The molecule has 2 unspecified atom stereocenters. The van der Waals surface area contributed by atoms with Crippen LogP contribution in [0, 0.1) is 17.8 Å². The van der Waals surface area contributed by atoms with Crippen molar-refractivity contribution in [3.8, 4) is 5.75 Å². The van der Waals surface area contributed by atoms with Crippen LogP contribution in [0.3, 0.4) is 0 Å². The van der Waals surface area contributed by atoms with E-state index in [1.807, 2.05) is 0 Å². The minimum atomic E-state index is -1.09. The molecule has 0 spiro atoms. The second-order valence-electron chi connectivity index (χ2n) is 4.60. The maximum absolute atomic E-state index is 12.1. The third-order valence-electron chi connectivity index (χ3n) is 3.64. The molecule has 98 valence electrons. The third-order valence-corrected chi connectivity index (χ3v) is 3.64. The molecule has 6 heteroatoms. The number of nitrogens with zero attached hydrogens (tertiary/aromatic N) is 1. The number of benzene rings is 1. The minimum Gasteiger partial charge on any atom is -0.495 e. The topological polar surface area (TPSA) is 83.9 Å². The number of amides is 2. The van der Waals surface area contributed by atoms with E-state index in [2.05, 4.69) is 0 Å². The Labute approximate surface area is 108 Å². The number of hydrogen-bond acceptors (Lipinski definition) is 4. The van der Waals surface area contributed by atoms with Gasteiger partial charge in [-0.15, -0.1) is 0 Å². The first-order chi connectivity index (χ1) is 9.07. The monoisotopic (exact) mass is 261 g/mol. The van der Waals surface area contributed by atoms with Gasteiger partial charge in [-0.2, -0.15) is 0 Å². The molecule has 1 heterocycles. The molecule has 1 saturated heterocycles. The number of fused-ring (bicyclic) bond motifs is 1. The number of carbonyl (C=O) groups excluding carboxylic acids is 2. The molecule has 2 atom stereocenters. The zero-order valence-corrected chi connectivity index (χ0v) is 10.1. The molecule has 1 saturated carbocycles. The summed E-state index contributed by atoms with van der Waals surface area (Å²) in [4.78, 5) is 36.2. The second-order valence-corrected chi connectivity index (χ2v) is 4.60. The Kier molecular flexibility index (Phi) is 2.35. The van der Waals surface area contributed by atoms with Gasteiger partial charge in [-0.25, -0.2) is 4.90 Å². The van der Waals surface area contributed by atoms with E-state index in [4.69, 9.17) is 9.84 Å². The molecular formula is C13H11NO5. The number of carboxylic acid groups (broad SMARTS) is 1. The van der Waals surface area contributed by atoms with Crippen LogP contribution in [0.4, 0.5) is 5.69 Å². The van der Waals surface area contributed by atoms with Crippen LogP contribution in [0.5, 0.6) is 5.75 Å². The fraction of sp³-hybridized carbons (Fsp3) is 0.308. The summed E-state index contributed by atoms with van der Waals surface area (Å²) < 4.78 is 5.12. The van der Waals surface area contributed by atoms with Crippen molar-refractivity contribution in [2.45, 2.75) is 0 Å². The third kappa shape index (κ3) is 1.46. The van der Waals surface area contributed by atoms with Gasteiger partial charge in [-0.3, -0.25) is 14.4 Å². The molecular weight excluding hydrogens is 250 g/mol. The number of methoxy groups -OCH3 is 1. The number of imide groups is 1. The summed E-state index contributed by atoms with van der Waals surface area (Å²) in [5.41, 5.74) is 0.372. The highest BCUT2D eigenvalue weighted by Crippen LogP contribution is 2.55. The fourth-order valence-corrected chi connectivity index (χ4v) is 2.69. The molecule has 2 amide bonds. The SMILES string of the molecule is COc1ccccc1N1C(=O)C2C(C(=O)O)C2C1=O. The predicted octanol–water partition coefficient (Wildman–Crippen LogP) is 0.515. The van der Waals surface area contributed by atoms with E-state index >= 15 is 0 Å². The van der Waals surface area contributed by atoms with Crippen LogP contribution >= 0.6 is 0 Å². The molecule has 1 aliphatic heterocycles. The highest BCUT2D eigenvalue weighted by molar-refractivity contribution is 6.27. The van der Waals surface area contributed by atoms with Crippen molar-refractivity contribution < 1.29 is 24.2 Å². The lowest BCUT2D eigenvalue weighted by molar-refractivity contribution is -0.142. The Bertz CT molecular complexity index is 574. The molecule has 3 rings (SSSR count). The van der Waals surface area contributed by atoms with Crippen LogP contribution in [0.25, 0.3) is 0 Å². The Morgan fingerprint density at radius 3 is 2.32 bits per heavy atom. The minimum absolute atomic E-state index is 0.372. The van der Waals surface area contributed by atoms with Gasteiger partial charge >= 0.3 is 5.97 Å². The van der Waals surface area contributed by atoms with Gasteiger partial charge in [0.05, 0.1) is 30.6 Å². The molecule has 1 aliphatic carbocycles. The zero-order valence-electron chi connectivity index (χ0n) is 10.1. The van der Waals surface area contributed by atoms with Gasteiger partial charge in [-0.05, 0) is 12.1 Å². The lowest BCUT2D eigenvalue weighted by atomic mass is 10.2. The molecule has 0 radical (unpaired) electrons. The van der Waals surface area contributed by atoms with E-state index in [9.17, 15) is 14.4 Å². The molecule has 1 N–H and O–H groups in total. The normalized spacial score (nSPS) is 28.3. The predicted molar refractivity (Wildman–Crippen MR) is 63.6 cm³/mol. The van der Waals surface area contributed by atoms with Crippen LogP contribution in [0.2, 0.25) is 0 Å². The number of carboxylic acids is 1. The van der Waals surface area contributed by atoms with Crippen molar-refractivity contribution in [1.82, 2.24) is 0 Å². The van der Waals surface area contributed by atoms with Crippen molar-refractivity contribution in [3.05, 3.63) is 24.3 Å². The van der Waals surface area contributed by atoms with Crippen LogP contribution in [0.1, 0.15) is 0 Å². The Balaban J connectivity index is 1.95. The number of aliphatic carboxylic acids is 1. The Morgan fingerprint density at radius 1 is 1.21 bits per heavy atom. The smallest absolute Gasteiger partial charge is 0.308 e. The maximum atomic E-state index is 12.1. The number of hydrogen-bond donors (Lipinski definition) is 1. The van der Waals surface area contributed by atoms with E-state index in [0.717, 1.165) is 4.90 Å². The van der Waals surface area contributed by atoms with Gasteiger partial charge in [0, 0.05) is 0 Å². The first-order valence-electron chi connectivity index (χ1n) is 5.81. The highest BCUT2D eigenvalue weighted by atomic mass is 16.5. The summed E-state index contributed by atoms with van der Waals surface area (Å²) >= 11 is 0. The molecule has 19 heavy (non-hydrogen) atoms. The number of ether oxygens (including phenoxy) is 1. The van der Waals surface area contributed by atoms with Gasteiger partial charge in [-0.1, -0.05) is 12.1 Å². The average Bonchev–Trinajstić information content (AvgIpc) is 3.09. The summed E-state index contributed by atoms with van der Waals surface area (Å²) in [6.07, 6.45) is 0. The second kappa shape index (κ2) is 3.81. The molecule has 1 aromatic carbocycles. The van der Waals surface area contributed by atoms with Crippen molar-refractivity contribution in [2.24, 2.45) is 17.8 Å². The summed E-state index contributed by atoms with van der Waals surface area (Å²) in [6.45, 7) is 0. The maximum Gasteiger partial charge on any atom is 0.308 e. The van der Waals surface area contributed by atoms with Gasteiger partial charge in [0.15, 0.2) is 0 Å². The standard InChI is InChI=1S/C13H11NO5/c1-19-7-5-3-2-4-6(7)14-11(15)8-9(12(14)16)10(8)13(17)18/h2-5,8-10H,1H3,(H,17,18). The largest absolute Gasteiger partial charge is 0.495 e. The van der Waals surface area contributed by atoms with Gasteiger partial charge in [0.1, 0.15) is 5.75 Å². The summed E-state index contributed by atoms with van der Waals surface area (Å²) in [7, 11) is 1.45. The molecule has 2 aliphatic rings. The average molecular weight is 261 g/mol. The van der Waals surface area contributed by atoms with Crippen LogP contribution < -0.4 is 9.64 Å². The van der Waals surface area contributed by atoms with Crippen LogP contribution in [-0.2, 0) is 14.4 Å². The molecule has 2 fully saturated rings. The number of anilines is 1. The summed E-state index contributed by atoms with van der Waals surface area (Å²) in [5.74, 6) is -3.86. The molecule has 1 aromatic rings. The van der Waals surface area contributed by atoms with E-state index < -0.39 is 35.5 Å². The van der Waals surface area contributed by atoms with Crippen molar-refractivity contribution >= 4 is 23.5 Å². The molecule has 0 bridgehead atoms. The van der Waals surface area contributed by atoms with E-state index in [1.54, 1.807) is 24.3 Å². The number of piperidine rings is 1. The van der Waals surface area contributed by atoms with Crippen LogP contribution in [0.15, 0.2) is 24.3 Å². The first kappa shape index (κ1) is 11.7. The number of para-hydroxylation sites is 2. The van der Waals surface area contributed by atoms with Crippen LogP contribution in [-0.4, -0.2) is 30.0 Å².